The van der Waals surface area contributed by atoms with Gasteiger partial charge >= 0.3 is 23.9 Å². The zero-order valence-corrected chi connectivity index (χ0v) is 22.2. The van der Waals surface area contributed by atoms with Crippen LogP contribution >= 0.6 is 0 Å². The Bertz CT molecular complexity index is 1470. The third-order valence-electron chi connectivity index (χ3n) is 7.24. The molecule has 4 rings (SSSR count). The first-order valence-electron chi connectivity index (χ1n) is 12.6. The Labute approximate surface area is 224 Å². The van der Waals surface area contributed by atoms with Crippen LogP contribution in [-0.2, 0) is 23.9 Å². The predicted molar refractivity (Wildman–Crippen MR) is 142 cm³/mol. The van der Waals surface area contributed by atoms with Gasteiger partial charge in [-0.2, -0.15) is 0 Å². The molecule has 2 aromatic heterocycles. The van der Waals surface area contributed by atoms with Crippen LogP contribution in [0, 0.1) is 27.7 Å². The molecule has 0 fully saturated rings. The maximum atomic E-state index is 12.7. The molecule has 2 heterocycles. The highest BCUT2D eigenvalue weighted by Gasteiger charge is 2.26. The first kappa shape index (κ1) is 27.6. The molecule has 0 aliphatic heterocycles. The zero-order valence-electron chi connectivity index (χ0n) is 22.2. The maximum Gasteiger partial charge on any atom is 0.314 e. The summed E-state index contributed by atoms with van der Waals surface area (Å²) in [4.78, 5) is 48.5. The van der Waals surface area contributed by atoms with E-state index >= 15 is 0 Å². The highest BCUT2D eigenvalue weighted by Crippen LogP contribution is 2.33. The monoisotopic (exact) mass is 534 g/mol. The van der Waals surface area contributed by atoms with Gasteiger partial charge in [-0.05, 0) is 62.1 Å². The minimum atomic E-state index is -1.11. The van der Waals surface area contributed by atoms with Gasteiger partial charge in [0.2, 0.25) is 0 Å². The van der Waals surface area contributed by atoms with Crippen LogP contribution in [-0.4, -0.2) is 34.1 Å². The van der Waals surface area contributed by atoms with Gasteiger partial charge in [0.1, 0.15) is 22.7 Å². The van der Waals surface area contributed by atoms with E-state index in [1.54, 1.807) is 24.3 Å². The molecule has 2 unspecified atom stereocenters. The van der Waals surface area contributed by atoms with Crippen molar-refractivity contribution in [3.63, 3.8) is 0 Å². The number of carboxylic acid groups (broad SMARTS) is 2. The largest absolute Gasteiger partial charge is 0.481 e. The van der Waals surface area contributed by atoms with E-state index in [-0.39, 0.29) is 25.7 Å². The number of aryl methyl sites for hydroxylation is 4. The van der Waals surface area contributed by atoms with E-state index < -0.39 is 35.7 Å². The number of carboxylic acids is 2. The maximum absolute atomic E-state index is 12.7. The number of hydrogen-bond donors (Lipinski definition) is 2. The number of aliphatic carboxylic acids is 2. The molecule has 4 aromatic rings. The number of fused-ring (bicyclic) bond motifs is 2. The number of hydrogen-bond acceptors (Lipinski definition) is 7. The fraction of sp³-hybridized carbons (Fsp3) is 0.333. The number of benzene rings is 2. The van der Waals surface area contributed by atoms with Crippen molar-refractivity contribution in [1.82, 2.24) is 0 Å². The number of furan rings is 2. The molecular weight excluding hydrogens is 504 g/mol. The quantitative estimate of drug-likeness (QED) is 0.183. The van der Waals surface area contributed by atoms with E-state index in [1.807, 2.05) is 39.8 Å². The molecule has 0 aliphatic carbocycles. The molecule has 0 aliphatic rings. The first-order valence-corrected chi connectivity index (χ1v) is 12.6. The molecule has 0 radical (unpaired) electrons. The Hall–Kier alpha value is -4.40. The van der Waals surface area contributed by atoms with Gasteiger partial charge in [-0.1, -0.05) is 24.3 Å². The van der Waals surface area contributed by atoms with Crippen LogP contribution in [0.2, 0.25) is 0 Å². The zero-order chi connectivity index (χ0) is 28.4. The lowest BCUT2D eigenvalue weighted by Crippen LogP contribution is -2.19. The number of ether oxygens (including phenoxy) is 1. The van der Waals surface area contributed by atoms with Gasteiger partial charge in [-0.3, -0.25) is 19.2 Å². The molecule has 9 heteroatoms. The van der Waals surface area contributed by atoms with Crippen molar-refractivity contribution in [2.45, 2.75) is 65.2 Å². The van der Waals surface area contributed by atoms with Crippen LogP contribution < -0.4 is 0 Å². The molecule has 0 saturated heterocycles. The lowest BCUT2D eigenvalue weighted by atomic mass is 9.91. The molecule has 0 bridgehead atoms. The summed E-state index contributed by atoms with van der Waals surface area (Å²) in [6, 6.07) is 10.5. The van der Waals surface area contributed by atoms with Gasteiger partial charge in [-0.25, -0.2) is 0 Å². The molecule has 0 amide bonds. The van der Waals surface area contributed by atoms with E-state index in [9.17, 15) is 29.4 Å². The van der Waals surface area contributed by atoms with Crippen molar-refractivity contribution in [3.05, 3.63) is 70.2 Å². The summed E-state index contributed by atoms with van der Waals surface area (Å²) in [6.45, 7) is 7.51. The number of carbonyl (C=O) groups is 4. The summed E-state index contributed by atoms with van der Waals surface area (Å²) < 4.78 is 16.5. The highest BCUT2D eigenvalue weighted by atomic mass is 16.6. The van der Waals surface area contributed by atoms with Crippen LogP contribution in [0.25, 0.3) is 21.9 Å². The molecule has 9 nitrogen and oxygen atoms in total. The highest BCUT2D eigenvalue weighted by molar-refractivity contribution is 5.88. The van der Waals surface area contributed by atoms with Crippen LogP contribution in [0.4, 0.5) is 0 Å². The second-order valence-electron chi connectivity index (χ2n) is 9.92. The van der Waals surface area contributed by atoms with Gasteiger partial charge in [0.05, 0.1) is 25.7 Å². The Morgan fingerprint density at radius 2 is 1.05 bits per heavy atom. The molecular formula is C30H30O9. The number of esters is 2. The molecule has 2 N–H and O–H groups in total. The summed E-state index contributed by atoms with van der Waals surface area (Å²) in [5, 5.41) is 20.6. The standard InChI is InChI=1S/C30H30O9/c1-15-17(3)37-25-9-19(5-7-23(15)25)21(11-27(31)32)13-29(35)39-30(36)14-22(12-28(33)34)20-6-8-24-16(2)18(4)38-26(24)10-20/h5-10,21-22H,11-14H2,1-4H3,(H,31,32)(H,33,34). The molecule has 0 spiro atoms. The van der Waals surface area contributed by atoms with Crippen molar-refractivity contribution in [2.24, 2.45) is 0 Å². The molecule has 39 heavy (non-hydrogen) atoms. The summed E-state index contributed by atoms with van der Waals surface area (Å²) in [5.41, 5.74) is 4.26. The summed E-state index contributed by atoms with van der Waals surface area (Å²) >= 11 is 0. The van der Waals surface area contributed by atoms with Crippen LogP contribution in [0.5, 0.6) is 0 Å². The number of carbonyl (C=O) groups excluding carboxylic acids is 2. The van der Waals surface area contributed by atoms with Gasteiger partial charge in [0.15, 0.2) is 0 Å². The van der Waals surface area contributed by atoms with E-state index in [4.69, 9.17) is 13.6 Å². The van der Waals surface area contributed by atoms with Gasteiger partial charge in [0, 0.05) is 22.6 Å². The van der Waals surface area contributed by atoms with Crippen LogP contribution in [0.3, 0.4) is 0 Å². The fourth-order valence-corrected chi connectivity index (χ4v) is 4.89. The minimum Gasteiger partial charge on any atom is -0.481 e. The van der Waals surface area contributed by atoms with Crippen LogP contribution in [0.15, 0.2) is 45.2 Å². The van der Waals surface area contributed by atoms with Crippen molar-refractivity contribution in [1.29, 1.82) is 0 Å². The second kappa shape index (κ2) is 11.1. The lowest BCUT2D eigenvalue weighted by molar-refractivity contribution is -0.160. The SMILES string of the molecule is Cc1oc2cc(C(CC(=O)O)CC(=O)OC(=O)CC(CC(=O)O)c3ccc4c(C)c(C)oc4c3)ccc2c1C. The Balaban J connectivity index is 1.48. The molecule has 204 valence electrons. The van der Waals surface area contributed by atoms with E-state index in [0.29, 0.717) is 22.3 Å². The Morgan fingerprint density at radius 1 is 0.667 bits per heavy atom. The third-order valence-corrected chi connectivity index (χ3v) is 7.24. The van der Waals surface area contributed by atoms with E-state index in [0.717, 1.165) is 33.4 Å². The molecule has 2 aromatic carbocycles. The van der Waals surface area contributed by atoms with Gasteiger partial charge in [-0.15, -0.1) is 0 Å². The summed E-state index contributed by atoms with van der Waals surface area (Å²) in [6.07, 6.45) is -1.39. The summed E-state index contributed by atoms with van der Waals surface area (Å²) in [5.74, 6) is -4.00. The van der Waals surface area contributed by atoms with Gasteiger partial charge in [0.25, 0.3) is 0 Å². The fourth-order valence-electron chi connectivity index (χ4n) is 4.89. The topological polar surface area (TPSA) is 144 Å². The second-order valence-corrected chi connectivity index (χ2v) is 9.92. The van der Waals surface area contributed by atoms with E-state index in [1.165, 1.54) is 0 Å². The average molecular weight is 535 g/mol. The van der Waals surface area contributed by atoms with Crippen molar-refractivity contribution in [2.75, 3.05) is 0 Å². The normalized spacial score (nSPS) is 12.9. The van der Waals surface area contributed by atoms with Crippen LogP contribution in [0.1, 0.15) is 71.3 Å². The Morgan fingerprint density at radius 3 is 1.41 bits per heavy atom. The third kappa shape index (κ3) is 6.19. The average Bonchev–Trinajstić information content (AvgIpc) is 3.30. The summed E-state index contributed by atoms with van der Waals surface area (Å²) in [7, 11) is 0. The van der Waals surface area contributed by atoms with E-state index in [2.05, 4.69) is 0 Å². The smallest absolute Gasteiger partial charge is 0.314 e. The lowest BCUT2D eigenvalue weighted by Gasteiger charge is -2.16. The molecule has 2 atom stereocenters. The Kier molecular flexibility index (Phi) is 7.90. The van der Waals surface area contributed by atoms with Crippen molar-refractivity contribution in [3.8, 4) is 0 Å². The van der Waals surface area contributed by atoms with Gasteiger partial charge < -0.3 is 23.8 Å². The van der Waals surface area contributed by atoms with Crippen molar-refractivity contribution < 1.29 is 43.0 Å². The predicted octanol–water partition coefficient (Wildman–Crippen LogP) is 6.08. The minimum absolute atomic E-state index is 0.345. The first-order chi connectivity index (χ1) is 18.4. The molecule has 0 saturated carbocycles. The number of rotatable bonds is 10. The van der Waals surface area contributed by atoms with Crippen molar-refractivity contribution >= 4 is 45.8 Å².